The van der Waals surface area contributed by atoms with Gasteiger partial charge in [0.2, 0.25) is 0 Å². The van der Waals surface area contributed by atoms with Gasteiger partial charge in [0, 0.05) is 13.1 Å². The molecule has 0 aliphatic carbocycles. The second-order valence-corrected chi connectivity index (χ2v) is 3.65. The van der Waals surface area contributed by atoms with Gasteiger partial charge in [-0.1, -0.05) is 6.08 Å². The average molecular weight is 183 g/mol. The summed E-state index contributed by atoms with van der Waals surface area (Å²) >= 11 is 0. The molecule has 0 aromatic heterocycles. The molecule has 0 aromatic rings. The molecule has 0 atom stereocenters. The molecule has 1 saturated heterocycles. The number of carboxylic acids is 1. The van der Waals surface area contributed by atoms with E-state index < -0.39 is 5.97 Å². The second-order valence-electron chi connectivity index (χ2n) is 3.65. The summed E-state index contributed by atoms with van der Waals surface area (Å²) in [4.78, 5) is 12.6. The zero-order chi connectivity index (χ0) is 9.68. The van der Waals surface area contributed by atoms with E-state index in [0.717, 1.165) is 32.5 Å². The van der Waals surface area contributed by atoms with Crippen LogP contribution in [0.15, 0.2) is 12.7 Å². The summed E-state index contributed by atoms with van der Waals surface area (Å²) in [7, 11) is 0. The van der Waals surface area contributed by atoms with Crippen LogP contribution in [0.2, 0.25) is 0 Å². The molecule has 1 N–H and O–H groups in total. The molecule has 74 valence electrons. The maximum Gasteiger partial charge on any atom is 0.303 e. The van der Waals surface area contributed by atoms with Gasteiger partial charge in [-0.25, -0.2) is 0 Å². The Balaban J connectivity index is 1.98. The summed E-state index contributed by atoms with van der Waals surface area (Å²) in [5.74, 6) is -0.281. The number of hydrogen-bond acceptors (Lipinski definition) is 2. The molecule has 3 heteroatoms. The number of nitrogens with zero attached hydrogens (tertiary/aromatic N) is 1. The molecular formula is C10H17NO2. The number of carboxylic acid groups (broad SMARTS) is 1. The van der Waals surface area contributed by atoms with E-state index in [4.69, 9.17) is 5.11 Å². The lowest BCUT2D eigenvalue weighted by atomic mass is 9.96. The number of rotatable bonds is 6. The Bertz CT molecular complexity index is 185. The van der Waals surface area contributed by atoms with Gasteiger partial charge in [-0.05, 0) is 25.3 Å². The molecule has 1 heterocycles. The molecule has 1 rings (SSSR count). The summed E-state index contributed by atoms with van der Waals surface area (Å²) in [6.07, 6.45) is 4.45. The summed E-state index contributed by atoms with van der Waals surface area (Å²) in [6.45, 7) is 6.67. The molecule has 0 saturated carbocycles. The normalized spacial score (nSPS) is 18.2. The molecule has 1 aliphatic rings. The molecule has 0 spiro atoms. The van der Waals surface area contributed by atoms with Gasteiger partial charge in [-0.3, -0.25) is 4.79 Å². The fraction of sp³-hybridized carbons (Fsp3) is 0.700. The van der Waals surface area contributed by atoms with Crippen molar-refractivity contribution >= 4 is 5.97 Å². The topological polar surface area (TPSA) is 40.5 Å². The quantitative estimate of drug-likeness (QED) is 0.499. The monoisotopic (exact) mass is 183 g/mol. The Morgan fingerprint density at radius 3 is 2.85 bits per heavy atom. The van der Waals surface area contributed by atoms with Crippen LogP contribution in [0.3, 0.4) is 0 Å². The predicted octanol–water partition coefficient (Wildman–Crippen LogP) is 1.36. The fourth-order valence-corrected chi connectivity index (χ4v) is 1.69. The largest absolute Gasteiger partial charge is 0.481 e. The maximum atomic E-state index is 10.3. The Kier molecular flexibility index (Phi) is 3.96. The number of allylic oxidation sites excluding steroid dienone is 1. The number of unbranched alkanes of at least 4 members (excludes halogenated alkanes) is 1. The summed E-state index contributed by atoms with van der Waals surface area (Å²) in [6, 6.07) is 0. The van der Waals surface area contributed by atoms with Crippen LogP contribution < -0.4 is 0 Å². The SMILES string of the molecule is C=CCCCN1CC(CC(=O)O)C1. The molecule has 0 aromatic carbocycles. The van der Waals surface area contributed by atoms with Crippen LogP contribution in [-0.2, 0) is 4.79 Å². The number of likely N-dealkylation sites (tertiary alicyclic amines) is 1. The average Bonchev–Trinajstić information content (AvgIpc) is 1.99. The minimum atomic E-state index is -0.671. The summed E-state index contributed by atoms with van der Waals surface area (Å²) in [5.41, 5.74) is 0. The van der Waals surface area contributed by atoms with Crippen LogP contribution in [0.25, 0.3) is 0 Å². The number of aliphatic carboxylic acids is 1. The highest BCUT2D eigenvalue weighted by atomic mass is 16.4. The van der Waals surface area contributed by atoms with Crippen LogP contribution in [0.4, 0.5) is 0 Å². The molecule has 0 amide bonds. The van der Waals surface area contributed by atoms with E-state index in [1.54, 1.807) is 0 Å². The van der Waals surface area contributed by atoms with Crippen molar-refractivity contribution in [2.24, 2.45) is 5.92 Å². The molecule has 13 heavy (non-hydrogen) atoms. The number of hydrogen-bond donors (Lipinski definition) is 1. The van der Waals surface area contributed by atoms with E-state index in [1.807, 2.05) is 6.08 Å². The Labute approximate surface area is 79.0 Å². The van der Waals surface area contributed by atoms with Crippen molar-refractivity contribution in [1.82, 2.24) is 4.90 Å². The van der Waals surface area contributed by atoms with Crippen molar-refractivity contribution in [1.29, 1.82) is 0 Å². The van der Waals surface area contributed by atoms with Crippen LogP contribution in [0.1, 0.15) is 19.3 Å². The van der Waals surface area contributed by atoms with E-state index >= 15 is 0 Å². The van der Waals surface area contributed by atoms with Crippen molar-refractivity contribution in [3.8, 4) is 0 Å². The standard InChI is InChI=1S/C10H17NO2/c1-2-3-4-5-11-7-9(8-11)6-10(12)13/h2,9H,1,3-8H2,(H,12,13). The first-order valence-corrected chi connectivity index (χ1v) is 4.77. The van der Waals surface area contributed by atoms with Gasteiger partial charge in [-0.15, -0.1) is 6.58 Å². The lowest BCUT2D eigenvalue weighted by Crippen LogP contribution is -2.47. The van der Waals surface area contributed by atoms with Crippen molar-refractivity contribution in [2.45, 2.75) is 19.3 Å². The molecule has 0 bridgehead atoms. The first-order chi connectivity index (χ1) is 6.22. The number of carbonyl (C=O) groups is 1. The van der Waals surface area contributed by atoms with Crippen LogP contribution >= 0.6 is 0 Å². The minimum Gasteiger partial charge on any atom is -0.481 e. The van der Waals surface area contributed by atoms with Crippen molar-refractivity contribution < 1.29 is 9.90 Å². The summed E-state index contributed by atoms with van der Waals surface area (Å²) in [5, 5.41) is 8.52. The highest BCUT2D eigenvalue weighted by Gasteiger charge is 2.27. The van der Waals surface area contributed by atoms with E-state index in [9.17, 15) is 4.79 Å². The van der Waals surface area contributed by atoms with Gasteiger partial charge in [0.05, 0.1) is 6.42 Å². The lowest BCUT2D eigenvalue weighted by Gasteiger charge is -2.38. The highest BCUT2D eigenvalue weighted by Crippen LogP contribution is 2.19. The predicted molar refractivity (Wildman–Crippen MR) is 51.6 cm³/mol. The van der Waals surface area contributed by atoms with E-state index in [-0.39, 0.29) is 0 Å². The van der Waals surface area contributed by atoms with Gasteiger partial charge < -0.3 is 10.0 Å². The molecular weight excluding hydrogens is 166 g/mol. The maximum absolute atomic E-state index is 10.3. The Hall–Kier alpha value is -0.830. The van der Waals surface area contributed by atoms with Crippen LogP contribution in [-0.4, -0.2) is 35.6 Å². The van der Waals surface area contributed by atoms with Crippen molar-refractivity contribution in [3.05, 3.63) is 12.7 Å². The zero-order valence-corrected chi connectivity index (χ0v) is 7.91. The summed E-state index contributed by atoms with van der Waals surface area (Å²) < 4.78 is 0. The molecule has 0 unspecified atom stereocenters. The first kappa shape index (κ1) is 10.3. The van der Waals surface area contributed by atoms with E-state index in [0.29, 0.717) is 12.3 Å². The zero-order valence-electron chi connectivity index (χ0n) is 7.91. The van der Waals surface area contributed by atoms with E-state index in [2.05, 4.69) is 11.5 Å². The highest BCUT2D eigenvalue weighted by molar-refractivity contribution is 5.67. The Morgan fingerprint density at radius 1 is 1.62 bits per heavy atom. The van der Waals surface area contributed by atoms with Crippen molar-refractivity contribution in [2.75, 3.05) is 19.6 Å². The van der Waals surface area contributed by atoms with Gasteiger partial charge in [0.25, 0.3) is 0 Å². The molecule has 1 fully saturated rings. The van der Waals surface area contributed by atoms with Crippen LogP contribution in [0, 0.1) is 5.92 Å². The fourth-order valence-electron chi connectivity index (χ4n) is 1.69. The van der Waals surface area contributed by atoms with Crippen molar-refractivity contribution in [3.63, 3.8) is 0 Å². The third-order valence-electron chi connectivity index (χ3n) is 2.38. The van der Waals surface area contributed by atoms with Gasteiger partial charge in [-0.2, -0.15) is 0 Å². The lowest BCUT2D eigenvalue weighted by molar-refractivity contribution is -0.139. The molecule has 1 aliphatic heterocycles. The molecule has 0 radical (unpaired) electrons. The van der Waals surface area contributed by atoms with Gasteiger partial charge >= 0.3 is 5.97 Å². The second kappa shape index (κ2) is 5.02. The first-order valence-electron chi connectivity index (χ1n) is 4.77. The van der Waals surface area contributed by atoms with Crippen LogP contribution in [0.5, 0.6) is 0 Å². The minimum absolute atomic E-state index is 0.331. The smallest absolute Gasteiger partial charge is 0.303 e. The molecule has 3 nitrogen and oxygen atoms in total. The Morgan fingerprint density at radius 2 is 2.31 bits per heavy atom. The third-order valence-corrected chi connectivity index (χ3v) is 2.38. The van der Waals surface area contributed by atoms with E-state index in [1.165, 1.54) is 0 Å². The third kappa shape index (κ3) is 3.59. The van der Waals surface area contributed by atoms with Gasteiger partial charge in [0.1, 0.15) is 0 Å². The van der Waals surface area contributed by atoms with Gasteiger partial charge in [0.15, 0.2) is 0 Å².